The molecule has 0 radical (unpaired) electrons. The zero-order valence-electron chi connectivity index (χ0n) is 11.6. The van der Waals surface area contributed by atoms with E-state index in [-0.39, 0.29) is 23.7 Å². The summed E-state index contributed by atoms with van der Waals surface area (Å²) in [5.74, 6) is 0.725. The minimum Gasteiger partial charge on any atom is -0.393 e. The first kappa shape index (κ1) is 13.8. The van der Waals surface area contributed by atoms with E-state index in [0.717, 1.165) is 24.8 Å². The van der Waals surface area contributed by atoms with Crippen molar-refractivity contribution in [1.29, 1.82) is 0 Å². The van der Waals surface area contributed by atoms with Crippen LogP contribution in [0.25, 0.3) is 0 Å². The SMILES string of the molecule is CC1=CC(=O)C[C@]2(C)CC[C@H](C(C)(O)CO)C[C@H]12. The molecule has 4 atom stereocenters. The normalized spacial score (nSPS) is 39.8. The second kappa shape index (κ2) is 4.46. The molecule has 2 rings (SSSR count). The Balaban J connectivity index is 2.23. The second-order valence-electron chi connectivity index (χ2n) is 6.72. The lowest BCUT2D eigenvalue weighted by Gasteiger charge is -2.49. The van der Waals surface area contributed by atoms with Crippen molar-refractivity contribution in [3.05, 3.63) is 11.6 Å². The van der Waals surface area contributed by atoms with Gasteiger partial charge in [-0.1, -0.05) is 12.5 Å². The van der Waals surface area contributed by atoms with Gasteiger partial charge in [-0.2, -0.15) is 0 Å². The van der Waals surface area contributed by atoms with E-state index in [2.05, 4.69) is 6.92 Å². The Hall–Kier alpha value is -0.670. The molecule has 0 heterocycles. The van der Waals surface area contributed by atoms with Gasteiger partial charge in [0.05, 0.1) is 12.2 Å². The lowest BCUT2D eigenvalue weighted by Crippen LogP contribution is -2.47. The highest BCUT2D eigenvalue weighted by molar-refractivity contribution is 5.92. The van der Waals surface area contributed by atoms with E-state index in [9.17, 15) is 15.0 Å². The number of fused-ring (bicyclic) bond motifs is 1. The van der Waals surface area contributed by atoms with Crippen molar-refractivity contribution in [2.45, 2.75) is 52.1 Å². The van der Waals surface area contributed by atoms with Gasteiger partial charge in [0.2, 0.25) is 0 Å². The second-order valence-corrected chi connectivity index (χ2v) is 6.72. The molecule has 2 aliphatic rings. The molecule has 3 heteroatoms. The van der Waals surface area contributed by atoms with Gasteiger partial charge in [-0.25, -0.2) is 0 Å². The van der Waals surface area contributed by atoms with Crippen LogP contribution in [0.5, 0.6) is 0 Å². The third-order valence-corrected chi connectivity index (χ3v) is 5.14. The molecule has 0 aliphatic heterocycles. The molecule has 1 fully saturated rings. The van der Waals surface area contributed by atoms with Crippen LogP contribution in [0.15, 0.2) is 11.6 Å². The molecule has 0 bridgehead atoms. The standard InChI is InChI=1S/C15H24O3/c1-10-6-12(17)8-14(2)5-4-11(7-13(10)14)15(3,18)9-16/h6,11,13,16,18H,4-5,7-9H2,1-3H3/t11-,13+,14-,15?/m0/s1. The van der Waals surface area contributed by atoms with Crippen LogP contribution >= 0.6 is 0 Å². The summed E-state index contributed by atoms with van der Waals surface area (Å²) in [6.45, 7) is 5.74. The van der Waals surface area contributed by atoms with Gasteiger partial charge in [0, 0.05) is 6.42 Å². The number of carbonyl (C=O) groups excluding carboxylic acids is 1. The molecule has 2 aliphatic carbocycles. The zero-order chi connectivity index (χ0) is 13.6. The molecule has 0 spiro atoms. The number of hydrogen-bond acceptors (Lipinski definition) is 3. The summed E-state index contributed by atoms with van der Waals surface area (Å²) in [6, 6.07) is 0. The number of allylic oxidation sites excluding steroid dienone is 2. The Kier molecular flexibility index (Phi) is 3.41. The van der Waals surface area contributed by atoms with E-state index in [1.807, 2.05) is 6.92 Å². The van der Waals surface area contributed by atoms with Gasteiger partial charge in [-0.3, -0.25) is 4.79 Å². The molecular weight excluding hydrogens is 228 g/mol. The minimum absolute atomic E-state index is 0.0535. The van der Waals surface area contributed by atoms with E-state index in [4.69, 9.17) is 0 Å². The predicted octanol–water partition coefficient (Wildman–Crippen LogP) is 2.07. The Morgan fingerprint density at radius 3 is 2.83 bits per heavy atom. The van der Waals surface area contributed by atoms with Gasteiger partial charge in [0.15, 0.2) is 5.78 Å². The molecule has 1 unspecified atom stereocenters. The predicted molar refractivity (Wildman–Crippen MR) is 70.0 cm³/mol. The fraction of sp³-hybridized carbons (Fsp3) is 0.800. The van der Waals surface area contributed by atoms with Crippen LogP contribution in [0.1, 0.15) is 46.5 Å². The maximum Gasteiger partial charge on any atom is 0.156 e. The fourth-order valence-electron chi connectivity index (χ4n) is 3.81. The molecular formula is C15H24O3. The first-order valence-corrected chi connectivity index (χ1v) is 6.83. The van der Waals surface area contributed by atoms with Crippen molar-refractivity contribution in [1.82, 2.24) is 0 Å². The van der Waals surface area contributed by atoms with E-state index < -0.39 is 5.60 Å². The molecule has 18 heavy (non-hydrogen) atoms. The van der Waals surface area contributed by atoms with Crippen molar-refractivity contribution in [3.8, 4) is 0 Å². The first-order chi connectivity index (χ1) is 8.28. The van der Waals surface area contributed by atoms with Crippen LogP contribution in [0.2, 0.25) is 0 Å². The summed E-state index contributed by atoms with van der Waals surface area (Å²) < 4.78 is 0. The van der Waals surface area contributed by atoms with Crippen LogP contribution in [0.4, 0.5) is 0 Å². The van der Waals surface area contributed by atoms with Crippen LogP contribution in [0, 0.1) is 17.3 Å². The van der Waals surface area contributed by atoms with Crippen molar-refractivity contribution >= 4 is 5.78 Å². The quantitative estimate of drug-likeness (QED) is 0.791. The number of aliphatic hydroxyl groups is 2. The summed E-state index contributed by atoms with van der Waals surface area (Å²) in [5, 5.41) is 19.5. The largest absolute Gasteiger partial charge is 0.393 e. The molecule has 0 aromatic rings. The zero-order valence-corrected chi connectivity index (χ0v) is 11.6. The molecule has 3 nitrogen and oxygen atoms in total. The van der Waals surface area contributed by atoms with Gasteiger partial charge in [0.25, 0.3) is 0 Å². The lowest BCUT2D eigenvalue weighted by atomic mass is 9.56. The maximum atomic E-state index is 11.7. The Morgan fingerprint density at radius 2 is 2.22 bits per heavy atom. The summed E-state index contributed by atoms with van der Waals surface area (Å²) in [6.07, 6.45) is 5.11. The van der Waals surface area contributed by atoms with Crippen molar-refractivity contribution in [2.24, 2.45) is 17.3 Å². The molecule has 102 valence electrons. The number of carbonyl (C=O) groups is 1. The van der Waals surface area contributed by atoms with Crippen LogP contribution in [0.3, 0.4) is 0 Å². The van der Waals surface area contributed by atoms with E-state index in [0.29, 0.717) is 12.3 Å². The van der Waals surface area contributed by atoms with E-state index in [1.165, 1.54) is 0 Å². The molecule has 0 amide bonds. The Bertz CT molecular complexity index is 383. The summed E-state index contributed by atoms with van der Waals surface area (Å²) in [7, 11) is 0. The Morgan fingerprint density at radius 1 is 1.56 bits per heavy atom. The smallest absolute Gasteiger partial charge is 0.156 e. The molecule has 0 aromatic carbocycles. The van der Waals surface area contributed by atoms with Crippen LogP contribution in [-0.2, 0) is 4.79 Å². The summed E-state index contributed by atoms with van der Waals surface area (Å²) >= 11 is 0. The first-order valence-electron chi connectivity index (χ1n) is 6.83. The third kappa shape index (κ3) is 2.26. The monoisotopic (exact) mass is 252 g/mol. The molecule has 0 saturated heterocycles. The topological polar surface area (TPSA) is 57.5 Å². The summed E-state index contributed by atoms with van der Waals surface area (Å²) in [5.41, 5.74) is 0.202. The van der Waals surface area contributed by atoms with Crippen LogP contribution in [-0.4, -0.2) is 28.2 Å². The fourth-order valence-corrected chi connectivity index (χ4v) is 3.81. The Labute approximate surface area is 109 Å². The molecule has 0 aromatic heterocycles. The van der Waals surface area contributed by atoms with E-state index in [1.54, 1.807) is 13.0 Å². The van der Waals surface area contributed by atoms with Gasteiger partial charge in [0.1, 0.15) is 0 Å². The lowest BCUT2D eigenvalue weighted by molar-refractivity contribution is -0.121. The summed E-state index contributed by atoms with van der Waals surface area (Å²) in [4.78, 5) is 11.7. The average Bonchev–Trinajstić information content (AvgIpc) is 2.27. The van der Waals surface area contributed by atoms with Crippen LogP contribution < -0.4 is 0 Å². The van der Waals surface area contributed by atoms with Crippen molar-refractivity contribution in [2.75, 3.05) is 6.61 Å². The number of aliphatic hydroxyl groups excluding tert-OH is 1. The van der Waals surface area contributed by atoms with Gasteiger partial charge < -0.3 is 10.2 Å². The number of ketones is 1. The minimum atomic E-state index is -0.997. The highest BCUT2D eigenvalue weighted by Gasteiger charge is 2.47. The van der Waals surface area contributed by atoms with E-state index >= 15 is 0 Å². The highest BCUT2D eigenvalue weighted by atomic mass is 16.3. The van der Waals surface area contributed by atoms with Gasteiger partial charge in [-0.15, -0.1) is 0 Å². The number of hydrogen-bond donors (Lipinski definition) is 2. The highest BCUT2D eigenvalue weighted by Crippen LogP contribution is 2.52. The third-order valence-electron chi connectivity index (χ3n) is 5.14. The van der Waals surface area contributed by atoms with Gasteiger partial charge in [-0.05, 0) is 56.4 Å². The van der Waals surface area contributed by atoms with Gasteiger partial charge >= 0.3 is 0 Å². The van der Waals surface area contributed by atoms with Crippen molar-refractivity contribution < 1.29 is 15.0 Å². The average molecular weight is 252 g/mol. The number of rotatable bonds is 2. The van der Waals surface area contributed by atoms with Crippen molar-refractivity contribution in [3.63, 3.8) is 0 Å². The molecule has 2 N–H and O–H groups in total. The maximum absolute atomic E-state index is 11.7. The molecule has 1 saturated carbocycles.